The lowest BCUT2D eigenvalue weighted by Gasteiger charge is -2.26. The third-order valence-corrected chi connectivity index (χ3v) is 36.0. The average molecular weight is 1840 g/mol. The Morgan fingerprint density at radius 2 is 0.431 bits per heavy atom. The fourth-order valence-electron chi connectivity index (χ4n) is 20.1. The van der Waals surface area contributed by atoms with Crippen LogP contribution < -0.4 is 30.5 Å². The van der Waals surface area contributed by atoms with Gasteiger partial charge in [-0.3, -0.25) is 0 Å². The highest BCUT2D eigenvalue weighted by Crippen LogP contribution is 2.46. The first-order valence-electron chi connectivity index (χ1n) is 47.4. The van der Waals surface area contributed by atoms with Crippen LogP contribution >= 0.6 is 0 Å². The zero-order valence-corrected chi connectivity index (χ0v) is 82.8. The maximum Gasteiger partial charge on any atom is 0.159 e. The lowest BCUT2D eigenvalue weighted by atomic mass is 9.94. The number of furan rings is 1. The van der Waals surface area contributed by atoms with Crippen molar-refractivity contribution in [2.75, 3.05) is 9.80 Å². The van der Waals surface area contributed by atoms with E-state index in [4.69, 9.17) is 4.42 Å². The predicted molar refractivity (Wildman–Crippen MR) is 609 cm³/mol. The third kappa shape index (κ3) is 17.1. The lowest BCUT2D eigenvalue weighted by Crippen LogP contribution is -2.37. The summed E-state index contributed by atoms with van der Waals surface area (Å²) < 4.78 is 11.4. The van der Waals surface area contributed by atoms with E-state index in [0.29, 0.717) is 0 Å². The normalized spacial score (nSPS) is 12.0. The van der Waals surface area contributed by atoms with Gasteiger partial charge in [-0.15, -0.1) is 0 Å². The molecule has 23 aromatic rings. The summed E-state index contributed by atoms with van der Waals surface area (Å²) in [5, 5.41) is 20.8. The van der Waals surface area contributed by atoms with Gasteiger partial charge >= 0.3 is 0 Å². The van der Waals surface area contributed by atoms with Gasteiger partial charge in [0.05, 0.1) is 60.0 Å². The van der Waals surface area contributed by atoms with Crippen molar-refractivity contribution >= 4 is 185 Å². The molecule has 137 heavy (non-hydrogen) atoms. The number of para-hydroxylation sites is 4. The molecule has 5 nitrogen and oxygen atoms in total. The van der Waals surface area contributed by atoms with Crippen molar-refractivity contribution in [2.24, 2.45) is 0 Å². The van der Waals surface area contributed by atoms with Gasteiger partial charge in [-0.25, -0.2) is 0 Å². The third-order valence-electron chi connectivity index (χ3n) is 27.7. The summed E-state index contributed by atoms with van der Waals surface area (Å²) in [5.74, 6) is 0. The summed E-state index contributed by atoms with van der Waals surface area (Å²) in [5.41, 5.74) is 29.9. The molecule has 0 bridgehead atoms. The van der Waals surface area contributed by atoms with Crippen LogP contribution in [0.2, 0.25) is 78.6 Å². The van der Waals surface area contributed by atoms with Gasteiger partial charge in [-0.2, -0.15) is 0 Å². The number of hydrogen-bond donors (Lipinski definition) is 0. The van der Waals surface area contributed by atoms with Gasteiger partial charge in [0.25, 0.3) is 0 Å². The van der Waals surface area contributed by atoms with Crippen molar-refractivity contribution in [1.82, 2.24) is 9.13 Å². The van der Waals surface area contributed by atoms with E-state index in [0.717, 1.165) is 78.5 Å². The number of aromatic nitrogens is 2. The number of benzene rings is 20. The molecular weight excluding hydrogens is 1720 g/mol. The van der Waals surface area contributed by atoms with Crippen LogP contribution in [0.25, 0.3) is 176 Å². The quantitative estimate of drug-likeness (QED) is 0.0633. The first-order chi connectivity index (χ1) is 65.4. The zero-order chi connectivity index (χ0) is 92.2. The van der Waals surface area contributed by atoms with Gasteiger partial charge in [0.15, 0.2) is 5.58 Å². The topological polar surface area (TPSA) is 29.5 Å². The van der Waals surface area contributed by atoms with Crippen molar-refractivity contribution in [3.05, 3.63) is 437 Å². The molecule has 9 heteroatoms. The van der Waals surface area contributed by atoms with Gasteiger partial charge in [-0.05, 0) is 233 Å². The molecule has 20 aromatic carbocycles. The molecule has 0 fully saturated rings. The molecule has 0 atom stereocenters. The molecule has 0 aliphatic rings. The first-order valence-corrected chi connectivity index (χ1v) is 61.4. The number of hydrogen-bond acceptors (Lipinski definition) is 3. The maximum absolute atomic E-state index is 6.55. The molecule has 0 radical (unpaired) electrons. The molecule has 0 amide bonds. The van der Waals surface area contributed by atoms with E-state index in [9.17, 15) is 0 Å². The fraction of sp³-hybridized carbons (Fsp3) is 0.109. The van der Waals surface area contributed by atoms with Gasteiger partial charge in [0, 0.05) is 72.1 Å². The summed E-state index contributed by atoms with van der Waals surface area (Å²) in [6.07, 6.45) is 0. The largest absolute Gasteiger partial charge is 0.454 e. The van der Waals surface area contributed by atoms with E-state index in [2.05, 4.69) is 528 Å². The molecule has 23 rings (SSSR count). The second-order valence-corrected chi connectivity index (χ2v) is 60.8. The summed E-state index contributed by atoms with van der Waals surface area (Å²) in [7, 11) is -5.52. The number of fused-ring (bicyclic) bond motifs is 15. The Morgan fingerprint density at radius 3 is 0.766 bits per heavy atom. The minimum absolute atomic E-state index is 0. The van der Waals surface area contributed by atoms with E-state index in [1.807, 2.05) is 6.07 Å². The summed E-state index contributed by atoms with van der Waals surface area (Å²) in [6.45, 7) is 28.8. The highest BCUT2D eigenvalue weighted by molar-refractivity contribution is 6.90. The Balaban J connectivity index is 0.000000167. The summed E-state index contributed by atoms with van der Waals surface area (Å²) >= 11 is 0. The second-order valence-electron chi connectivity index (χ2n) is 40.5. The molecule has 3 heterocycles. The van der Waals surface area contributed by atoms with Crippen LogP contribution in [0.15, 0.2) is 441 Å². The monoisotopic (exact) mass is 1840 g/mol. The van der Waals surface area contributed by atoms with Crippen LogP contribution in [0.3, 0.4) is 0 Å². The van der Waals surface area contributed by atoms with Crippen molar-refractivity contribution in [3.63, 3.8) is 0 Å². The maximum atomic E-state index is 6.55. The van der Waals surface area contributed by atoms with E-state index >= 15 is 0 Å². The second kappa shape index (κ2) is 36.0. The molecule has 0 N–H and O–H groups in total. The van der Waals surface area contributed by atoms with Crippen LogP contribution in [-0.2, 0) is 0 Å². The predicted octanol–water partition coefficient (Wildman–Crippen LogP) is 35.3. The van der Waals surface area contributed by atoms with Crippen molar-refractivity contribution < 1.29 is 4.42 Å². The minimum Gasteiger partial charge on any atom is -0.454 e. The van der Waals surface area contributed by atoms with E-state index in [1.165, 1.54) is 152 Å². The standard InChI is InChI=1S/C66H56N2Si2.C60H52N2OSi2.2CH4/c1-69(2,3)55-37-25-47(26-38-55)45-19-30-51(31-20-45)67(52-32-21-46(22-33-52)48-27-39-56(40-28-48)70(4,5)6)53-34-23-49(24-35-53)50-29-42-66-64(43-50)62-17-11-12-18-65(62)68(66)54-36-41-61-59-15-8-7-13-57(59)58-14-9-10-16-60(58)63(61)44-54;1-64(2,3)50-35-24-43(25-36-50)41-18-29-47(30-19-41)61(48-31-20-42(21-32-48)44-26-37-51(38-27-44)65(4,5)6)49-33-22-45(23-34-49)46-28-39-57-55(40-46)52-12-7-9-15-56(52)62(57)58-16-11-14-54-53-13-8-10-17-59(53)63-60(54)58;;/h7-44H,1-6H3;7-40H,1-6H3;2*1H4. The number of nitrogens with zero attached hydrogens (tertiary/aromatic N) is 4. The SMILES string of the molecule is C.C.C[Si](C)(C)c1ccc(-c2ccc(N(c3ccc(-c4ccc([Si](C)(C)C)cc4)cc3)c3ccc(-c4ccc5c(c4)c4ccccc4n5-c4ccc5c6ccccc6c6ccccc6c5c4)cc3)cc2)cc1.C[Si](C)(C)c1ccc(-c2ccc(N(c3ccc(-c4ccc([Si](C)(C)C)cc4)cc3)c3ccc(-c4ccc5c(c4)c4ccccc4n5-c4cccc5c4oc4ccccc45)cc3)cc2)cc1. The Labute approximate surface area is 810 Å². The number of rotatable bonds is 18. The Kier molecular flexibility index (Phi) is 23.6. The highest BCUT2D eigenvalue weighted by Gasteiger charge is 2.26. The zero-order valence-electron chi connectivity index (χ0n) is 78.8. The highest BCUT2D eigenvalue weighted by atomic mass is 28.3. The molecule has 670 valence electrons. The minimum atomic E-state index is -1.38. The van der Waals surface area contributed by atoms with E-state index < -0.39 is 32.3 Å². The summed E-state index contributed by atoms with van der Waals surface area (Å²) in [4.78, 5) is 4.75. The van der Waals surface area contributed by atoms with Gasteiger partial charge < -0.3 is 23.4 Å². The van der Waals surface area contributed by atoms with Crippen LogP contribution in [0.5, 0.6) is 0 Å². The Bertz CT molecular complexity index is 8190. The Morgan fingerprint density at radius 1 is 0.182 bits per heavy atom. The van der Waals surface area contributed by atoms with Crippen LogP contribution in [0, 0.1) is 0 Å². The molecule has 0 saturated heterocycles. The van der Waals surface area contributed by atoms with Crippen molar-refractivity contribution in [3.8, 4) is 78.1 Å². The van der Waals surface area contributed by atoms with Crippen molar-refractivity contribution in [2.45, 2.75) is 93.4 Å². The molecule has 0 saturated carbocycles. The van der Waals surface area contributed by atoms with Crippen LogP contribution in [0.1, 0.15) is 14.9 Å². The summed E-state index contributed by atoms with van der Waals surface area (Å²) in [6, 6.07) is 162. The molecule has 3 aromatic heterocycles. The van der Waals surface area contributed by atoms with Crippen LogP contribution in [-0.4, -0.2) is 41.4 Å². The smallest absolute Gasteiger partial charge is 0.159 e. The Hall–Kier alpha value is -15.0. The molecule has 0 aliphatic heterocycles. The lowest BCUT2D eigenvalue weighted by molar-refractivity contribution is 0.666. The van der Waals surface area contributed by atoms with Crippen LogP contribution in [0.4, 0.5) is 34.1 Å². The first kappa shape index (κ1) is 89.9. The van der Waals surface area contributed by atoms with E-state index in [1.54, 1.807) is 0 Å². The van der Waals surface area contributed by atoms with Gasteiger partial charge in [0.2, 0.25) is 0 Å². The number of anilines is 6. The molecular formula is C128H116N4OSi4. The van der Waals surface area contributed by atoms with Gasteiger partial charge in [0.1, 0.15) is 5.58 Å². The molecule has 0 unspecified atom stereocenters. The van der Waals surface area contributed by atoms with Crippen molar-refractivity contribution in [1.29, 1.82) is 0 Å². The molecule has 0 spiro atoms. The van der Waals surface area contributed by atoms with E-state index in [-0.39, 0.29) is 14.9 Å². The van der Waals surface area contributed by atoms with Gasteiger partial charge in [-0.1, -0.05) is 417 Å². The molecule has 0 aliphatic carbocycles. The fourth-order valence-corrected chi connectivity index (χ4v) is 24.8. The average Bonchev–Trinajstić information content (AvgIpc) is 1.53.